The van der Waals surface area contributed by atoms with Gasteiger partial charge in [0.05, 0.1) is 12.8 Å². The molecule has 2 aromatic heterocycles. The monoisotopic (exact) mass is 450 g/mol. The molecule has 0 aliphatic heterocycles. The number of benzene rings is 2. The Balaban J connectivity index is 1.38. The van der Waals surface area contributed by atoms with E-state index >= 15 is 0 Å². The van der Waals surface area contributed by atoms with E-state index in [4.69, 9.17) is 9.47 Å². The molecule has 0 aliphatic rings. The Kier molecular flexibility index (Phi) is 6.46. The van der Waals surface area contributed by atoms with E-state index < -0.39 is 0 Å². The summed E-state index contributed by atoms with van der Waals surface area (Å²) in [5, 5.41) is 8.03. The van der Waals surface area contributed by atoms with E-state index in [9.17, 15) is 9.59 Å². The molecule has 0 fully saturated rings. The number of rotatable bonds is 8. The summed E-state index contributed by atoms with van der Waals surface area (Å²) in [6.07, 6.45) is 1.78. The van der Waals surface area contributed by atoms with Gasteiger partial charge in [0.2, 0.25) is 4.96 Å². The minimum Gasteiger partial charge on any atom is -0.497 e. The van der Waals surface area contributed by atoms with Crippen molar-refractivity contribution in [2.24, 2.45) is 0 Å². The van der Waals surface area contributed by atoms with E-state index in [1.54, 1.807) is 55.6 Å². The van der Waals surface area contributed by atoms with Crippen LogP contribution in [0.5, 0.6) is 11.5 Å². The third kappa shape index (κ3) is 4.94. The quantitative estimate of drug-likeness (QED) is 0.437. The number of methoxy groups -OCH3 is 1. The molecule has 1 N–H and O–H groups in total. The smallest absolute Gasteiger partial charge is 0.275 e. The zero-order valence-electron chi connectivity index (χ0n) is 17.7. The van der Waals surface area contributed by atoms with Gasteiger partial charge in [-0.2, -0.15) is 9.61 Å². The lowest BCUT2D eigenvalue weighted by Crippen LogP contribution is -2.16. The Morgan fingerprint density at radius 1 is 1.09 bits per heavy atom. The summed E-state index contributed by atoms with van der Waals surface area (Å²) in [6.45, 7) is 2.22. The first kappa shape index (κ1) is 21.5. The van der Waals surface area contributed by atoms with Crippen LogP contribution in [0.2, 0.25) is 0 Å². The Hall–Kier alpha value is -3.72. The summed E-state index contributed by atoms with van der Waals surface area (Å²) in [6, 6.07) is 15.3. The summed E-state index contributed by atoms with van der Waals surface area (Å²) in [5.41, 5.74) is 1.50. The molecule has 0 spiro atoms. The van der Waals surface area contributed by atoms with Crippen LogP contribution in [0, 0.1) is 0 Å². The number of hydrogen-bond acceptors (Lipinski definition) is 7. The van der Waals surface area contributed by atoms with Gasteiger partial charge < -0.3 is 14.8 Å². The van der Waals surface area contributed by atoms with E-state index in [0.29, 0.717) is 33.4 Å². The van der Waals surface area contributed by atoms with Crippen molar-refractivity contribution < 1.29 is 14.3 Å². The van der Waals surface area contributed by atoms with Gasteiger partial charge in [0.15, 0.2) is 0 Å². The fourth-order valence-electron chi connectivity index (χ4n) is 3.02. The van der Waals surface area contributed by atoms with Gasteiger partial charge in [0.25, 0.3) is 11.5 Å². The van der Waals surface area contributed by atoms with Crippen LogP contribution in [0.15, 0.2) is 59.4 Å². The highest BCUT2D eigenvalue weighted by molar-refractivity contribution is 7.16. The first-order valence-electron chi connectivity index (χ1n) is 10.1. The Morgan fingerprint density at radius 3 is 2.50 bits per heavy atom. The second-order valence-corrected chi connectivity index (χ2v) is 8.06. The second-order valence-electron chi connectivity index (χ2n) is 7.02. The summed E-state index contributed by atoms with van der Waals surface area (Å²) in [7, 11) is 1.58. The standard InChI is InChI=1S/C23H22N4O4S/c1-3-4-20-26-27-21(28)13-17(25-23(27)32-20)14-31-19-11-7-16(8-12-19)24-22(29)15-5-9-18(30-2)10-6-15/h5-13H,3-4,14H2,1-2H3,(H,24,29). The number of nitrogens with one attached hydrogen (secondary N) is 1. The number of nitrogens with zero attached hydrogens (tertiary/aromatic N) is 3. The molecule has 0 saturated heterocycles. The maximum absolute atomic E-state index is 12.4. The van der Waals surface area contributed by atoms with Crippen molar-refractivity contribution in [1.82, 2.24) is 14.6 Å². The average Bonchev–Trinajstić information content (AvgIpc) is 3.22. The summed E-state index contributed by atoms with van der Waals surface area (Å²) < 4.78 is 12.2. The summed E-state index contributed by atoms with van der Waals surface area (Å²) in [4.78, 5) is 29.7. The lowest BCUT2D eigenvalue weighted by Gasteiger charge is -2.08. The van der Waals surface area contributed by atoms with Crippen LogP contribution < -0.4 is 20.3 Å². The van der Waals surface area contributed by atoms with Gasteiger partial charge in [-0.05, 0) is 55.0 Å². The SMILES string of the molecule is CCCc1nn2c(=O)cc(COc3ccc(NC(=O)c4ccc(OC)cc4)cc3)nc2s1. The number of carbonyl (C=O) groups is 1. The van der Waals surface area contributed by atoms with Gasteiger partial charge >= 0.3 is 0 Å². The average molecular weight is 451 g/mol. The molecule has 32 heavy (non-hydrogen) atoms. The number of ether oxygens (including phenoxy) is 2. The molecule has 2 aromatic carbocycles. The molecule has 2 heterocycles. The molecule has 0 radical (unpaired) electrons. The predicted octanol–water partition coefficient (Wildman–Crippen LogP) is 3.94. The van der Waals surface area contributed by atoms with Crippen LogP contribution in [0.25, 0.3) is 4.96 Å². The molecule has 0 aliphatic carbocycles. The molecule has 4 rings (SSSR count). The Morgan fingerprint density at radius 2 is 1.81 bits per heavy atom. The molecule has 0 atom stereocenters. The van der Waals surface area contributed by atoms with Crippen LogP contribution >= 0.6 is 11.3 Å². The summed E-state index contributed by atoms with van der Waals surface area (Å²) in [5.74, 6) is 1.08. The van der Waals surface area contributed by atoms with Crippen LogP contribution in [-0.4, -0.2) is 27.6 Å². The first-order valence-corrected chi connectivity index (χ1v) is 10.9. The largest absolute Gasteiger partial charge is 0.497 e. The van der Waals surface area contributed by atoms with Crippen LogP contribution in [0.1, 0.15) is 34.4 Å². The van der Waals surface area contributed by atoms with Gasteiger partial charge in [0.1, 0.15) is 23.1 Å². The van der Waals surface area contributed by atoms with Crippen molar-refractivity contribution in [3.05, 3.63) is 81.2 Å². The number of amides is 1. The van der Waals surface area contributed by atoms with Crippen molar-refractivity contribution >= 4 is 27.9 Å². The van der Waals surface area contributed by atoms with Gasteiger partial charge in [-0.15, -0.1) is 0 Å². The third-order valence-corrected chi connectivity index (χ3v) is 5.62. The van der Waals surface area contributed by atoms with E-state index in [0.717, 1.165) is 17.8 Å². The maximum atomic E-state index is 12.4. The highest BCUT2D eigenvalue weighted by Crippen LogP contribution is 2.19. The van der Waals surface area contributed by atoms with Gasteiger partial charge in [-0.3, -0.25) is 9.59 Å². The maximum Gasteiger partial charge on any atom is 0.275 e. The fraction of sp³-hybridized carbons (Fsp3) is 0.217. The molecule has 164 valence electrons. The molecular formula is C23H22N4O4S. The van der Waals surface area contributed by atoms with Crippen molar-refractivity contribution in [2.75, 3.05) is 12.4 Å². The Bertz CT molecular complexity index is 1280. The van der Waals surface area contributed by atoms with Gasteiger partial charge in [0, 0.05) is 23.7 Å². The lowest BCUT2D eigenvalue weighted by molar-refractivity contribution is 0.102. The van der Waals surface area contributed by atoms with Crippen LogP contribution in [-0.2, 0) is 13.0 Å². The van der Waals surface area contributed by atoms with E-state index in [2.05, 4.69) is 22.3 Å². The molecule has 8 nitrogen and oxygen atoms in total. The number of anilines is 1. The topological polar surface area (TPSA) is 94.8 Å². The van der Waals surface area contributed by atoms with Crippen molar-refractivity contribution in [1.29, 1.82) is 0 Å². The molecule has 0 unspecified atom stereocenters. The van der Waals surface area contributed by atoms with Gasteiger partial charge in [-0.1, -0.05) is 18.3 Å². The molecule has 9 heteroatoms. The van der Waals surface area contributed by atoms with Crippen molar-refractivity contribution in [3.63, 3.8) is 0 Å². The number of hydrogen-bond donors (Lipinski definition) is 1. The Labute approximate surface area is 188 Å². The van der Waals surface area contributed by atoms with Crippen molar-refractivity contribution in [3.8, 4) is 11.5 Å². The third-order valence-electron chi connectivity index (χ3n) is 4.65. The zero-order chi connectivity index (χ0) is 22.5. The van der Waals surface area contributed by atoms with E-state index in [1.807, 2.05) is 0 Å². The number of aryl methyl sites for hydroxylation is 1. The first-order chi connectivity index (χ1) is 15.6. The molecule has 1 amide bonds. The molecule has 4 aromatic rings. The number of fused-ring (bicyclic) bond motifs is 1. The highest BCUT2D eigenvalue weighted by Gasteiger charge is 2.10. The highest BCUT2D eigenvalue weighted by atomic mass is 32.1. The number of carbonyl (C=O) groups excluding carboxylic acids is 1. The second kappa shape index (κ2) is 9.61. The van der Waals surface area contributed by atoms with E-state index in [1.165, 1.54) is 21.9 Å². The molecule has 0 bridgehead atoms. The molecule has 0 saturated carbocycles. The van der Waals surface area contributed by atoms with Crippen molar-refractivity contribution in [2.45, 2.75) is 26.4 Å². The van der Waals surface area contributed by atoms with E-state index in [-0.39, 0.29) is 18.1 Å². The van der Waals surface area contributed by atoms with Crippen LogP contribution in [0.4, 0.5) is 5.69 Å². The minimum absolute atomic E-state index is 0.157. The van der Waals surface area contributed by atoms with Gasteiger partial charge in [-0.25, -0.2) is 4.98 Å². The lowest BCUT2D eigenvalue weighted by atomic mass is 10.2. The normalized spacial score (nSPS) is 10.8. The number of aromatic nitrogens is 3. The predicted molar refractivity (Wildman–Crippen MR) is 123 cm³/mol. The molecular weight excluding hydrogens is 428 g/mol. The van der Waals surface area contributed by atoms with Crippen LogP contribution in [0.3, 0.4) is 0 Å². The minimum atomic E-state index is -0.219. The fourth-order valence-corrected chi connectivity index (χ4v) is 4.04. The zero-order valence-corrected chi connectivity index (χ0v) is 18.5. The summed E-state index contributed by atoms with van der Waals surface area (Å²) >= 11 is 1.42.